The summed E-state index contributed by atoms with van der Waals surface area (Å²) in [5.74, 6) is 0.438. The summed E-state index contributed by atoms with van der Waals surface area (Å²) in [6.07, 6.45) is 4.37. The maximum absolute atomic E-state index is 13.0. The Balaban J connectivity index is 2.25. The van der Waals surface area contributed by atoms with E-state index in [-0.39, 0.29) is 17.7 Å². The van der Waals surface area contributed by atoms with Crippen molar-refractivity contribution >= 4 is 15.7 Å². The third-order valence-electron chi connectivity index (χ3n) is 4.68. The van der Waals surface area contributed by atoms with Crippen molar-refractivity contribution in [1.29, 1.82) is 0 Å². The van der Waals surface area contributed by atoms with E-state index < -0.39 is 9.84 Å². The molecule has 1 aliphatic rings. The topological polar surface area (TPSA) is 54.5 Å². The second kappa shape index (κ2) is 7.04. The lowest BCUT2D eigenvalue weighted by atomic mass is 9.98. The standard InChI is InChI=1S/C18H27NO3S/c1-5-13(2)14(3)19(17-9-10-17)18(20)16-8-6-7-15(11-16)12-23(4,21)22/h6-8,11,13-14,17H,5,9-10,12H2,1-4H3/t13-,14+/m0/s1. The van der Waals surface area contributed by atoms with Gasteiger partial charge in [-0.05, 0) is 43.4 Å². The third kappa shape index (κ3) is 4.80. The van der Waals surface area contributed by atoms with E-state index in [0.717, 1.165) is 19.3 Å². The normalized spacial score (nSPS) is 17.6. The number of amides is 1. The minimum Gasteiger partial charge on any atom is -0.333 e. The summed E-state index contributed by atoms with van der Waals surface area (Å²) in [6, 6.07) is 7.57. The zero-order valence-electron chi connectivity index (χ0n) is 14.5. The molecule has 5 heteroatoms. The summed E-state index contributed by atoms with van der Waals surface area (Å²) in [5, 5.41) is 0. The fourth-order valence-corrected chi connectivity index (χ4v) is 3.68. The zero-order valence-corrected chi connectivity index (χ0v) is 15.3. The maximum Gasteiger partial charge on any atom is 0.254 e. The number of sulfone groups is 1. The van der Waals surface area contributed by atoms with Gasteiger partial charge in [-0.2, -0.15) is 0 Å². The minimum absolute atomic E-state index is 0.0238. The predicted molar refractivity (Wildman–Crippen MR) is 93.1 cm³/mol. The monoisotopic (exact) mass is 337 g/mol. The van der Waals surface area contributed by atoms with Crippen LogP contribution in [-0.2, 0) is 15.6 Å². The lowest BCUT2D eigenvalue weighted by Gasteiger charge is -2.33. The van der Waals surface area contributed by atoms with Crippen LogP contribution in [0.15, 0.2) is 24.3 Å². The molecular weight excluding hydrogens is 310 g/mol. The summed E-state index contributed by atoms with van der Waals surface area (Å²) in [5.41, 5.74) is 1.26. The van der Waals surface area contributed by atoms with Gasteiger partial charge in [0.25, 0.3) is 5.91 Å². The SMILES string of the molecule is CC[C@H](C)[C@@H](C)N(C(=O)c1cccc(CS(C)(=O)=O)c1)C1CC1. The van der Waals surface area contributed by atoms with Gasteiger partial charge < -0.3 is 4.90 Å². The molecule has 2 rings (SSSR count). The molecule has 1 fully saturated rings. The van der Waals surface area contributed by atoms with Crippen LogP contribution in [0.2, 0.25) is 0 Å². The molecule has 1 amide bonds. The van der Waals surface area contributed by atoms with Gasteiger partial charge in [-0.25, -0.2) is 8.42 Å². The quantitative estimate of drug-likeness (QED) is 0.767. The molecule has 128 valence electrons. The molecule has 1 aromatic carbocycles. The molecule has 1 aromatic rings. The first-order valence-corrected chi connectivity index (χ1v) is 10.4. The van der Waals surface area contributed by atoms with Crippen molar-refractivity contribution < 1.29 is 13.2 Å². The first-order valence-electron chi connectivity index (χ1n) is 8.32. The van der Waals surface area contributed by atoms with Crippen molar-refractivity contribution in [2.45, 2.75) is 57.9 Å². The average molecular weight is 337 g/mol. The van der Waals surface area contributed by atoms with E-state index in [2.05, 4.69) is 20.8 Å². The van der Waals surface area contributed by atoms with Crippen LogP contribution >= 0.6 is 0 Å². The second-order valence-corrected chi connectivity index (χ2v) is 8.98. The molecule has 0 heterocycles. The molecule has 0 aromatic heterocycles. The Morgan fingerprint density at radius 3 is 2.48 bits per heavy atom. The lowest BCUT2D eigenvalue weighted by Crippen LogP contribution is -2.43. The van der Waals surface area contributed by atoms with Crippen molar-refractivity contribution in [3.8, 4) is 0 Å². The van der Waals surface area contributed by atoms with Gasteiger partial charge in [-0.3, -0.25) is 4.79 Å². The summed E-state index contributed by atoms with van der Waals surface area (Å²) >= 11 is 0. The lowest BCUT2D eigenvalue weighted by molar-refractivity contribution is 0.0615. The number of hydrogen-bond acceptors (Lipinski definition) is 3. The minimum atomic E-state index is -3.10. The number of carbonyl (C=O) groups is 1. The third-order valence-corrected chi connectivity index (χ3v) is 5.54. The van der Waals surface area contributed by atoms with Crippen molar-refractivity contribution in [1.82, 2.24) is 4.90 Å². The fourth-order valence-electron chi connectivity index (χ4n) is 2.90. The van der Waals surface area contributed by atoms with Crippen LogP contribution < -0.4 is 0 Å². The Labute approximate surface area is 139 Å². The van der Waals surface area contributed by atoms with Crippen LogP contribution in [0.1, 0.15) is 56.0 Å². The fraction of sp³-hybridized carbons (Fsp3) is 0.611. The summed E-state index contributed by atoms with van der Waals surface area (Å²) in [4.78, 5) is 15.0. The highest BCUT2D eigenvalue weighted by Gasteiger charge is 2.37. The van der Waals surface area contributed by atoms with E-state index in [1.807, 2.05) is 4.90 Å². The van der Waals surface area contributed by atoms with Crippen LogP contribution in [0.3, 0.4) is 0 Å². The zero-order chi connectivity index (χ0) is 17.2. The molecule has 0 radical (unpaired) electrons. The van der Waals surface area contributed by atoms with Crippen molar-refractivity contribution in [2.24, 2.45) is 5.92 Å². The number of nitrogens with zero attached hydrogens (tertiary/aromatic N) is 1. The van der Waals surface area contributed by atoms with Crippen LogP contribution in [0.5, 0.6) is 0 Å². The largest absolute Gasteiger partial charge is 0.333 e. The van der Waals surface area contributed by atoms with E-state index in [1.165, 1.54) is 6.26 Å². The first-order chi connectivity index (χ1) is 10.7. The molecule has 23 heavy (non-hydrogen) atoms. The summed E-state index contributed by atoms with van der Waals surface area (Å²) in [6.45, 7) is 6.43. The Hall–Kier alpha value is -1.36. The maximum atomic E-state index is 13.0. The Kier molecular flexibility index (Phi) is 5.50. The Morgan fingerprint density at radius 1 is 1.30 bits per heavy atom. The van der Waals surface area contributed by atoms with Gasteiger partial charge in [-0.1, -0.05) is 32.4 Å². The molecule has 0 aliphatic heterocycles. The van der Waals surface area contributed by atoms with E-state index >= 15 is 0 Å². The smallest absolute Gasteiger partial charge is 0.254 e. The molecule has 0 saturated heterocycles. The molecular formula is C18H27NO3S. The van der Waals surface area contributed by atoms with E-state index in [1.54, 1.807) is 24.3 Å². The molecule has 0 N–H and O–H groups in total. The van der Waals surface area contributed by atoms with Crippen LogP contribution in [0, 0.1) is 5.92 Å². The Morgan fingerprint density at radius 2 is 1.96 bits per heavy atom. The van der Waals surface area contributed by atoms with Gasteiger partial charge in [0.1, 0.15) is 0 Å². The average Bonchev–Trinajstić information content (AvgIpc) is 3.29. The number of carbonyl (C=O) groups excluding carboxylic acids is 1. The number of hydrogen-bond donors (Lipinski definition) is 0. The van der Waals surface area contributed by atoms with Gasteiger partial charge in [-0.15, -0.1) is 0 Å². The highest BCUT2D eigenvalue weighted by atomic mass is 32.2. The van der Waals surface area contributed by atoms with E-state index in [4.69, 9.17) is 0 Å². The van der Waals surface area contributed by atoms with Gasteiger partial charge in [0.2, 0.25) is 0 Å². The molecule has 4 nitrogen and oxygen atoms in total. The molecule has 0 spiro atoms. The van der Waals surface area contributed by atoms with Gasteiger partial charge in [0.15, 0.2) is 9.84 Å². The van der Waals surface area contributed by atoms with Crippen molar-refractivity contribution in [2.75, 3.05) is 6.26 Å². The number of rotatable bonds is 7. The molecule has 1 aliphatic carbocycles. The first kappa shape index (κ1) is 18.0. The van der Waals surface area contributed by atoms with Gasteiger partial charge >= 0.3 is 0 Å². The van der Waals surface area contributed by atoms with Crippen LogP contribution in [0.25, 0.3) is 0 Å². The predicted octanol–water partition coefficient (Wildman–Crippen LogP) is 3.27. The van der Waals surface area contributed by atoms with E-state index in [0.29, 0.717) is 23.1 Å². The highest BCUT2D eigenvalue weighted by molar-refractivity contribution is 7.89. The molecule has 0 bridgehead atoms. The van der Waals surface area contributed by atoms with Gasteiger partial charge in [0, 0.05) is 23.9 Å². The molecule has 2 atom stereocenters. The van der Waals surface area contributed by atoms with Crippen LogP contribution in [0.4, 0.5) is 0 Å². The van der Waals surface area contributed by atoms with Crippen molar-refractivity contribution in [3.05, 3.63) is 35.4 Å². The number of benzene rings is 1. The van der Waals surface area contributed by atoms with Crippen LogP contribution in [-0.4, -0.2) is 37.6 Å². The highest BCUT2D eigenvalue weighted by Crippen LogP contribution is 2.32. The molecule has 1 saturated carbocycles. The summed E-state index contributed by atoms with van der Waals surface area (Å²) in [7, 11) is -3.10. The van der Waals surface area contributed by atoms with Crippen molar-refractivity contribution in [3.63, 3.8) is 0 Å². The second-order valence-electron chi connectivity index (χ2n) is 6.84. The van der Waals surface area contributed by atoms with E-state index in [9.17, 15) is 13.2 Å². The van der Waals surface area contributed by atoms with Gasteiger partial charge in [0.05, 0.1) is 5.75 Å². The Bertz CT molecular complexity index is 665. The summed E-state index contributed by atoms with van der Waals surface area (Å²) < 4.78 is 22.9. The molecule has 0 unspecified atom stereocenters.